The number of hydrogen-bond acceptors (Lipinski definition) is 6. The number of carboxylic acids is 2. The lowest BCUT2D eigenvalue weighted by atomic mass is 10.0. The van der Waals surface area contributed by atoms with Crippen LogP contribution in [0, 0.1) is 0 Å². The summed E-state index contributed by atoms with van der Waals surface area (Å²) in [5.74, 6) is -4.22. The Morgan fingerprint density at radius 3 is 2.34 bits per heavy atom. The van der Waals surface area contributed by atoms with Crippen LogP contribution in [-0.4, -0.2) is 63.6 Å². The molecule has 0 saturated carbocycles. The molecule has 0 spiro atoms. The molecule has 174 valence electrons. The molecule has 0 saturated heterocycles. The fraction of sp³-hybridized carbons (Fsp3) is 0.429. The fourth-order valence-corrected chi connectivity index (χ4v) is 3.32. The minimum atomic E-state index is -1.62. The first-order valence-corrected chi connectivity index (χ1v) is 10.3. The Kier molecular flexibility index (Phi) is 9.17. The number of aromatic amines is 1. The highest BCUT2D eigenvalue weighted by atomic mass is 16.4. The average Bonchev–Trinajstić information content (AvgIpc) is 3.15. The number of carbonyl (C=O) groups is 4. The van der Waals surface area contributed by atoms with Crippen molar-refractivity contribution in [2.24, 2.45) is 11.5 Å². The highest BCUT2D eigenvalue weighted by molar-refractivity contribution is 5.93. The van der Waals surface area contributed by atoms with E-state index in [0.717, 1.165) is 16.5 Å². The third-order valence-electron chi connectivity index (χ3n) is 5.02. The molecule has 9 N–H and O–H groups in total. The van der Waals surface area contributed by atoms with Crippen LogP contribution in [0.3, 0.4) is 0 Å². The predicted octanol–water partition coefficient (Wildman–Crippen LogP) is -0.304. The number of nitrogens with two attached hydrogens (primary N) is 2. The number of benzene rings is 1. The summed E-state index contributed by atoms with van der Waals surface area (Å²) in [7, 11) is 0. The van der Waals surface area contributed by atoms with E-state index in [2.05, 4.69) is 15.6 Å². The Morgan fingerprint density at radius 2 is 1.69 bits per heavy atom. The number of rotatable bonds is 13. The first-order valence-electron chi connectivity index (χ1n) is 10.3. The maximum atomic E-state index is 12.7. The molecule has 1 aromatic heterocycles. The molecule has 0 fully saturated rings. The van der Waals surface area contributed by atoms with E-state index in [1.807, 2.05) is 24.3 Å². The van der Waals surface area contributed by atoms with E-state index in [0.29, 0.717) is 19.4 Å². The molecule has 11 heteroatoms. The molecule has 2 aromatic rings. The van der Waals surface area contributed by atoms with Crippen molar-refractivity contribution in [3.05, 3.63) is 36.0 Å². The van der Waals surface area contributed by atoms with Gasteiger partial charge >= 0.3 is 11.9 Å². The van der Waals surface area contributed by atoms with E-state index in [1.54, 1.807) is 6.20 Å². The number of amides is 2. The quantitative estimate of drug-likeness (QED) is 0.203. The SMILES string of the molecule is NCCCCC(NC(=O)C(N)Cc1c[nH]c2ccccc12)C(=O)NC(CC(=O)O)C(=O)O. The summed E-state index contributed by atoms with van der Waals surface area (Å²) in [6.07, 6.45) is 2.51. The van der Waals surface area contributed by atoms with Gasteiger partial charge in [0.15, 0.2) is 0 Å². The third-order valence-corrected chi connectivity index (χ3v) is 5.02. The highest BCUT2D eigenvalue weighted by Gasteiger charge is 2.29. The Bertz CT molecular complexity index is 959. The van der Waals surface area contributed by atoms with Crippen molar-refractivity contribution in [1.29, 1.82) is 0 Å². The van der Waals surface area contributed by atoms with Crippen molar-refractivity contribution in [3.63, 3.8) is 0 Å². The number of nitrogens with one attached hydrogen (secondary N) is 3. The molecule has 2 rings (SSSR count). The number of aliphatic carboxylic acids is 2. The topological polar surface area (TPSA) is 201 Å². The lowest BCUT2D eigenvalue weighted by Crippen LogP contribution is -2.55. The van der Waals surface area contributed by atoms with Gasteiger partial charge in [0.2, 0.25) is 11.8 Å². The fourth-order valence-electron chi connectivity index (χ4n) is 3.32. The minimum absolute atomic E-state index is 0.202. The summed E-state index contributed by atoms with van der Waals surface area (Å²) in [5, 5.41) is 23.7. The molecule has 0 radical (unpaired) electrons. The van der Waals surface area contributed by atoms with E-state index in [-0.39, 0.29) is 12.8 Å². The molecule has 11 nitrogen and oxygen atoms in total. The third kappa shape index (κ3) is 7.06. The maximum absolute atomic E-state index is 12.7. The van der Waals surface area contributed by atoms with Crippen molar-refractivity contribution < 1.29 is 29.4 Å². The molecule has 32 heavy (non-hydrogen) atoms. The van der Waals surface area contributed by atoms with Crippen molar-refractivity contribution >= 4 is 34.7 Å². The first-order chi connectivity index (χ1) is 15.2. The van der Waals surface area contributed by atoms with Gasteiger partial charge in [0.05, 0.1) is 12.5 Å². The lowest BCUT2D eigenvalue weighted by molar-refractivity contribution is -0.147. The van der Waals surface area contributed by atoms with Gasteiger partial charge in [-0.05, 0) is 43.9 Å². The number of unbranched alkanes of at least 4 members (excludes halogenated alkanes) is 1. The number of para-hydroxylation sites is 1. The molecule has 0 aliphatic carbocycles. The highest BCUT2D eigenvalue weighted by Crippen LogP contribution is 2.18. The number of fused-ring (bicyclic) bond motifs is 1. The molecule has 2 amide bonds. The zero-order valence-electron chi connectivity index (χ0n) is 17.5. The smallest absolute Gasteiger partial charge is 0.326 e. The molecule has 3 unspecified atom stereocenters. The standard InChI is InChI=1S/C21H29N5O6/c22-8-4-3-7-16(20(30)26-17(21(31)32)10-18(27)28)25-19(29)14(23)9-12-11-24-15-6-2-1-5-13(12)15/h1-2,5-6,11,14,16-17,24H,3-4,7-10,22-23H2,(H,25,29)(H,26,30)(H,27,28)(H,31,32). The number of hydrogen-bond donors (Lipinski definition) is 7. The molecular formula is C21H29N5O6. The summed E-state index contributed by atoms with van der Waals surface area (Å²) in [4.78, 5) is 50.6. The normalized spacial score (nSPS) is 13.8. The van der Waals surface area contributed by atoms with Gasteiger partial charge in [-0.15, -0.1) is 0 Å². The summed E-state index contributed by atoms with van der Waals surface area (Å²) >= 11 is 0. The molecule has 1 heterocycles. The van der Waals surface area contributed by atoms with E-state index in [9.17, 15) is 19.2 Å². The number of aromatic nitrogens is 1. The van der Waals surface area contributed by atoms with Crippen LogP contribution in [0.4, 0.5) is 0 Å². The van der Waals surface area contributed by atoms with Crippen LogP contribution in [0.5, 0.6) is 0 Å². The lowest BCUT2D eigenvalue weighted by Gasteiger charge is -2.22. The van der Waals surface area contributed by atoms with Crippen molar-refractivity contribution in [2.75, 3.05) is 6.54 Å². The van der Waals surface area contributed by atoms with Gasteiger partial charge in [-0.25, -0.2) is 4.79 Å². The van der Waals surface area contributed by atoms with Gasteiger partial charge in [0.25, 0.3) is 0 Å². The second-order valence-corrected chi connectivity index (χ2v) is 7.51. The Hall–Kier alpha value is -3.44. The second-order valence-electron chi connectivity index (χ2n) is 7.51. The van der Waals surface area contributed by atoms with Crippen LogP contribution in [0.1, 0.15) is 31.2 Å². The van der Waals surface area contributed by atoms with Gasteiger partial charge in [0.1, 0.15) is 12.1 Å². The van der Waals surface area contributed by atoms with Crippen LogP contribution in [-0.2, 0) is 25.6 Å². The summed E-state index contributed by atoms with van der Waals surface area (Å²) in [6, 6.07) is 3.93. The van der Waals surface area contributed by atoms with Crippen LogP contribution < -0.4 is 22.1 Å². The predicted molar refractivity (Wildman–Crippen MR) is 117 cm³/mol. The van der Waals surface area contributed by atoms with Crippen LogP contribution in [0.2, 0.25) is 0 Å². The van der Waals surface area contributed by atoms with Crippen molar-refractivity contribution in [1.82, 2.24) is 15.6 Å². The minimum Gasteiger partial charge on any atom is -0.481 e. The monoisotopic (exact) mass is 447 g/mol. The van der Waals surface area contributed by atoms with Gasteiger partial charge in [-0.3, -0.25) is 14.4 Å². The van der Waals surface area contributed by atoms with Gasteiger partial charge in [-0.1, -0.05) is 18.2 Å². The average molecular weight is 447 g/mol. The molecule has 0 aliphatic heterocycles. The van der Waals surface area contributed by atoms with E-state index in [1.165, 1.54) is 0 Å². The molecule has 1 aromatic carbocycles. The zero-order valence-corrected chi connectivity index (χ0v) is 17.5. The maximum Gasteiger partial charge on any atom is 0.326 e. The molecular weight excluding hydrogens is 418 g/mol. The first kappa shape index (κ1) is 24.8. The van der Waals surface area contributed by atoms with Gasteiger partial charge in [-0.2, -0.15) is 0 Å². The summed E-state index contributed by atoms with van der Waals surface area (Å²) in [6.45, 7) is 0.388. The van der Waals surface area contributed by atoms with Crippen LogP contribution in [0.15, 0.2) is 30.5 Å². The molecule has 3 atom stereocenters. The van der Waals surface area contributed by atoms with Gasteiger partial charge < -0.3 is 37.3 Å². The van der Waals surface area contributed by atoms with E-state index < -0.39 is 48.3 Å². The van der Waals surface area contributed by atoms with Crippen molar-refractivity contribution in [3.8, 4) is 0 Å². The number of carbonyl (C=O) groups excluding carboxylic acids is 2. The summed E-state index contributed by atoms with van der Waals surface area (Å²) in [5.41, 5.74) is 13.3. The second kappa shape index (κ2) is 11.8. The van der Waals surface area contributed by atoms with Crippen LogP contribution in [0.25, 0.3) is 10.9 Å². The molecule has 0 bridgehead atoms. The Morgan fingerprint density at radius 1 is 1.00 bits per heavy atom. The van der Waals surface area contributed by atoms with Gasteiger partial charge in [0, 0.05) is 17.1 Å². The van der Waals surface area contributed by atoms with Crippen LogP contribution >= 0.6 is 0 Å². The Labute approximate surface area is 184 Å². The molecule has 0 aliphatic rings. The number of H-pyrrole nitrogens is 1. The van der Waals surface area contributed by atoms with E-state index >= 15 is 0 Å². The Balaban J connectivity index is 2.06. The summed E-state index contributed by atoms with van der Waals surface area (Å²) < 4.78 is 0. The largest absolute Gasteiger partial charge is 0.481 e. The number of carboxylic acid groups (broad SMARTS) is 2. The van der Waals surface area contributed by atoms with E-state index in [4.69, 9.17) is 21.7 Å². The van der Waals surface area contributed by atoms with Crippen molar-refractivity contribution in [2.45, 2.75) is 50.2 Å². The zero-order chi connectivity index (χ0) is 23.7.